The Hall–Kier alpha value is -1.55. The normalized spacial score (nSPS) is 15.6. The van der Waals surface area contributed by atoms with E-state index in [0.29, 0.717) is 23.7 Å². The Balaban J connectivity index is 2.36. The minimum Gasteiger partial charge on any atom is -0.478 e. The maximum absolute atomic E-state index is 11.5. The Bertz CT molecular complexity index is 459. The van der Waals surface area contributed by atoms with Crippen molar-refractivity contribution in [2.75, 3.05) is 11.4 Å². The summed E-state index contributed by atoms with van der Waals surface area (Å²) < 4.78 is 0. The van der Waals surface area contributed by atoms with Gasteiger partial charge in [-0.2, -0.15) is 0 Å². The second-order valence-corrected chi connectivity index (χ2v) is 4.03. The number of carbonyl (C=O) groups excluding carboxylic acids is 1. The molecule has 4 nitrogen and oxygen atoms in total. The number of carbonyl (C=O) groups is 2. The van der Waals surface area contributed by atoms with Crippen LogP contribution < -0.4 is 4.90 Å². The summed E-state index contributed by atoms with van der Waals surface area (Å²) in [7, 11) is 0. The molecule has 1 aliphatic heterocycles. The highest BCUT2D eigenvalue weighted by molar-refractivity contribution is 6.34. The molecule has 1 aromatic carbocycles. The Labute approximate surface area is 97.4 Å². The lowest BCUT2D eigenvalue weighted by atomic mass is 10.2. The molecule has 0 radical (unpaired) electrons. The Morgan fingerprint density at radius 2 is 2.19 bits per heavy atom. The van der Waals surface area contributed by atoms with E-state index < -0.39 is 5.97 Å². The number of hydrogen-bond acceptors (Lipinski definition) is 2. The van der Waals surface area contributed by atoms with E-state index in [1.165, 1.54) is 12.1 Å². The summed E-state index contributed by atoms with van der Waals surface area (Å²) >= 11 is 5.96. The number of carboxylic acid groups (broad SMARTS) is 1. The molecule has 1 aliphatic rings. The lowest BCUT2D eigenvalue weighted by molar-refractivity contribution is -0.117. The lowest BCUT2D eigenvalue weighted by Crippen LogP contribution is -2.24. The van der Waals surface area contributed by atoms with Gasteiger partial charge >= 0.3 is 5.97 Å². The molecule has 1 saturated heterocycles. The molecule has 0 bridgehead atoms. The number of nitrogens with zero attached hydrogens (tertiary/aromatic N) is 1. The largest absolute Gasteiger partial charge is 0.478 e. The Morgan fingerprint density at radius 3 is 2.69 bits per heavy atom. The predicted molar refractivity (Wildman–Crippen MR) is 60.0 cm³/mol. The summed E-state index contributed by atoms with van der Waals surface area (Å²) in [6.45, 7) is 0.644. The zero-order valence-corrected chi connectivity index (χ0v) is 9.20. The number of benzene rings is 1. The molecule has 5 heteroatoms. The highest BCUT2D eigenvalue weighted by atomic mass is 35.5. The third kappa shape index (κ3) is 1.88. The molecule has 1 N–H and O–H groups in total. The van der Waals surface area contributed by atoms with Gasteiger partial charge in [0.25, 0.3) is 0 Å². The van der Waals surface area contributed by atoms with E-state index in [0.717, 1.165) is 6.42 Å². The van der Waals surface area contributed by atoms with Crippen LogP contribution in [0.15, 0.2) is 18.2 Å². The molecular weight excluding hydrogens is 230 g/mol. The van der Waals surface area contributed by atoms with Gasteiger partial charge in [-0.15, -0.1) is 0 Å². The molecule has 1 heterocycles. The standard InChI is InChI=1S/C11H10ClNO3/c12-8-6-7(11(15)16)3-4-9(8)13-5-1-2-10(13)14/h3-4,6H,1-2,5H2,(H,15,16). The second-order valence-electron chi connectivity index (χ2n) is 3.62. The molecule has 0 spiro atoms. The van der Waals surface area contributed by atoms with Crippen LogP contribution in [0.5, 0.6) is 0 Å². The first-order chi connectivity index (χ1) is 7.59. The highest BCUT2D eigenvalue weighted by Gasteiger charge is 2.23. The monoisotopic (exact) mass is 239 g/mol. The molecule has 1 fully saturated rings. The van der Waals surface area contributed by atoms with E-state index in [-0.39, 0.29) is 11.5 Å². The van der Waals surface area contributed by atoms with E-state index in [1.54, 1.807) is 11.0 Å². The number of aromatic carboxylic acids is 1. The number of carboxylic acids is 1. The molecule has 0 saturated carbocycles. The molecule has 0 atom stereocenters. The molecule has 1 aromatic rings. The van der Waals surface area contributed by atoms with Crippen molar-refractivity contribution in [1.29, 1.82) is 0 Å². The van der Waals surface area contributed by atoms with Crippen molar-refractivity contribution in [1.82, 2.24) is 0 Å². The Kier molecular flexibility index (Phi) is 2.83. The summed E-state index contributed by atoms with van der Waals surface area (Å²) in [5.74, 6) is -0.994. The first-order valence-corrected chi connectivity index (χ1v) is 5.30. The minimum absolute atomic E-state index is 0.0324. The smallest absolute Gasteiger partial charge is 0.335 e. The van der Waals surface area contributed by atoms with Gasteiger partial charge in [0.15, 0.2) is 0 Å². The molecule has 0 aliphatic carbocycles. The van der Waals surface area contributed by atoms with Crippen molar-refractivity contribution < 1.29 is 14.7 Å². The quantitative estimate of drug-likeness (QED) is 0.861. The zero-order valence-electron chi connectivity index (χ0n) is 8.44. The van der Waals surface area contributed by atoms with E-state index >= 15 is 0 Å². The van der Waals surface area contributed by atoms with Gasteiger partial charge < -0.3 is 10.0 Å². The number of amides is 1. The maximum atomic E-state index is 11.5. The van der Waals surface area contributed by atoms with Gasteiger partial charge in [-0.05, 0) is 24.6 Å². The van der Waals surface area contributed by atoms with Crippen LogP contribution >= 0.6 is 11.6 Å². The number of halogens is 1. The second kappa shape index (κ2) is 4.14. The Morgan fingerprint density at radius 1 is 1.44 bits per heavy atom. The summed E-state index contributed by atoms with van der Waals surface area (Å²) in [5.41, 5.74) is 0.717. The van der Waals surface area contributed by atoms with Gasteiger partial charge in [-0.1, -0.05) is 11.6 Å². The van der Waals surface area contributed by atoms with Crippen molar-refractivity contribution in [2.45, 2.75) is 12.8 Å². The molecule has 2 rings (SSSR count). The number of rotatable bonds is 2. The van der Waals surface area contributed by atoms with Crippen LogP contribution in [0.3, 0.4) is 0 Å². The number of anilines is 1. The third-order valence-corrected chi connectivity index (χ3v) is 2.86. The van der Waals surface area contributed by atoms with E-state index in [4.69, 9.17) is 16.7 Å². The van der Waals surface area contributed by atoms with Crippen LogP contribution in [0.2, 0.25) is 5.02 Å². The van der Waals surface area contributed by atoms with Gasteiger partial charge in [-0.25, -0.2) is 4.79 Å². The predicted octanol–water partition coefficient (Wildman–Crippen LogP) is 2.17. The van der Waals surface area contributed by atoms with E-state index in [2.05, 4.69) is 0 Å². The van der Waals surface area contributed by atoms with E-state index in [9.17, 15) is 9.59 Å². The van der Waals surface area contributed by atoms with Crippen molar-refractivity contribution >= 4 is 29.2 Å². The third-order valence-electron chi connectivity index (χ3n) is 2.56. The van der Waals surface area contributed by atoms with Gasteiger partial charge in [-0.3, -0.25) is 4.79 Å². The summed E-state index contributed by atoms with van der Waals surface area (Å²) in [5, 5.41) is 9.08. The summed E-state index contributed by atoms with van der Waals surface area (Å²) in [6, 6.07) is 4.40. The molecule has 1 amide bonds. The fourth-order valence-electron chi connectivity index (χ4n) is 1.76. The van der Waals surface area contributed by atoms with Crippen molar-refractivity contribution in [3.8, 4) is 0 Å². The van der Waals surface area contributed by atoms with Gasteiger partial charge in [0, 0.05) is 13.0 Å². The maximum Gasteiger partial charge on any atom is 0.335 e. The molecule has 16 heavy (non-hydrogen) atoms. The molecule has 84 valence electrons. The molecule has 0 unspecified atom stereocenters. The summed E-state index contributed by atoms with van der Waals surface area (Å²) in [4.78, 5) is 23.8. The van der Waals surface area contributed by atoms with Crippen LogP contribution in [-0.2, 0) is 4.79 Å². The van der Waals surface area contributed by atoms with E-state index in [1.807, 2.05) is 0 Å². The van der Waals surface area contributed by atoms with Crippen molar-refractivity contribution in [2.24, 2.45) is 0 Å². The van der Waals surface area contributed by atoms with Crippen LogP contribution in [0.1, 0.15) is 23.2 Å². The van der Waals surface area contributed by atoms with Crippen molar-refractivity contribution in [3.63, 3.8) is 0 Å². The minimum atomic E-state index is -1.03. The molecular formula is C11H10ClNO3. The van der Waals surface area contributed by atoms with Crippen LogP contribution in [0.4, 0.5) is 5.69 Å². The SMILES string of the molecule is O=C(O)c1ccc(N2CCCC2=O)c(Cl)c1. The fourth-order valence-corrected chi connectivity index (χ4v) is 2.04. The lowest BCUT2D eigenvalue weighted by Gasteiger charge is -2.17. The number of hydrogen-bond donors (Lipinski definition) is 1. The first kappa shape index (κ1) is 11.0. The first-order valence-electron chi connectivity index (χ1n) is 4.93. The zero-order chi connectivity index (χ0) is 11.7. The fraction of sp³-hybridized carbons (Fsp3) is 0.273. The van der Waals surface area contributed by atoms with Crippen LogP contribution in [0.25, 0.3) is 0 Å². The van der Waals surface area contributed by atoms with Crippen molar-refractivity contribution in [3.05, 3.63) is 28.8 Å². The van der Waals surface area contributed by atoms with Crippen LogP contribution in [0, 0.1) is 0 Å². The van der Waals surface area contributed by atoms with Gasteiger partial charge in [0.1, 0.15) is 0 Å². The average molecular weight is 240 g/mol. The van der Waals surface area contributed by atoms with Gasteiger partial charge in [0.2, 0.25) is 5.91 Å². The average Bonchev–Trinajstić information content (AvgIpc) is 2.64. The highest BCUT2D eigenvalue weighted by Crippen LogP contribution is 2.30. The molecule has 0 aromatic heterocycles. The summed E-state index contributed by atoms with van der Waals surface area (Å²) in [6.07, 6.45) is 1.34. The topological polar surface area (TPSA) is 57.6 Å². The van der Waals surface area contributed by atoms with Crippen LogP contribution in [-0.4, -0.2) is 23.5 Å². The van der Waals surface area contributed by atoms with Gasteiger partial charge in [0.05, 0.1) is 16.3 Å².